The highest BCUT2D eigenvalue weighted by Gasteiger charge is 2.13. The summed E-state index contributed by atoms with van der Waals surface area (Å²) >= 11 is 1.20. The van der Waals surface area contributed by atoms with Crippen LogP contribution in [0, 0.1) is 0 Å². The van der Waals surface area contributed by atoms with Crippen molar-refractivity contribution in [3.05, 3.63) is 24.0 Å². The van der Waals surface area contributed by atoms with Gasteiger partial charge in [0.25, 0.3) is 0 Å². The van der Waals surface area contributed by atoms with Gasteiger partial charge in [0.2, 0.25) is 11.1 Å². The van der Waals surface area contributed by atoms with Crippen LogP contribution in [-0.2, 0) is 11.3 Å². The van der Waals surface area contributed by atoms with E-state index in [2.05, 4.69) is 15.5 Å². The van der Waals surface area contributed by atoms with Gasteiger partial charge in [-0.05, 0) is 6.07 Å². The Balaban J connectivity index is 1.97. The van der Waals surface area contributed by atoms with Crippen LogP contribution in [0.5, 0.6) is 17.2 Å². The maximum absolute atomic E-state index is 12.0. The fourth-order valence-corrected chi connectivity index (χ4v) is 2.60. The molecule has 24 heavy (non-hydrogen) atoms. The molecular weight excluding hydrogens is 334 g/mol. The zero-order valence-electron chi connectivity index (χ0n) is 13.6. The molecule has 1 amide bonds. The van der Waals surface area contributed by atoms with Crippen molar-refractivity contribution in [2.45, 2.75) is 11.7 Å². The molecule has 0 saturated carbocycles. The number of rotatable bonds is 8. The third-order valence-corrected chi connectivity index (χ3v) is 4.09. The molecule has 0 atom stereocenters. The first-order valence-corrected chi connectivity index (χ1v) is 7.91. The molecule has 3 N–H and O–H groups in total. The lowest BCUT2D eigenvalue weighted by Crippen LogP contribution is -2.25. The fourth-order valence-electron chi connectivity index (χ4n) is 1.94. The zero-order valence-corrected chi connectivity index (χ0v) is 14.4. The molecule has 1 heterocycles. The quantitative estimate of drug-likeness (QED) is 0.519. The standard InChI is InChI=1S/C14H19N5O4S/c1-21-10-5-12(23-3)11(22-2)4-9(10)6-16-13(20)7-24-14-18-17-8-19(14)15/h4-5,8H,6-7,15H2,1-3H3,(H,16,20). The second-order valence-corrected chi connectivity index (χ2v) is 5.55. The molecule has 0 aliphatic heterocycles. The van der Waals surface area contributed by atoms with Gasteiger partial charge in [0, 0.05) is 18.2 Å². The molecule has 0 radical (unpaired) electrons. The van der Waals surface area contributed by atoms with Crippen LogP contribution in [0.2, 0.25) is 0 Å². The second kappa shape index (κ2) is 8.29. The van der Waals surface area contributed by atoms with E-state index < -0.39 is 0 Å². The molecule has 0 unspecified atom stereocenters. The topological polar surface area (TPSA) is 114 Å². The predicted molar refractivity (Wildman–Crippen MR) is 88.8 cm³/mol. The van der Waals surface area contributed by atoms with Crippen LogP contribution in [0.25, 0.3) is 0 Å². The monoisotopic (exact) mass is 353 g/mol. The highest BCUT2D eigenvalue weighted by Crippen LogP contribution is 2.34. The van der Waals surface area contributed by atoms with Crippen molar-refractivity contribution in [3.8, 4) is 17.2 Å². The van der Waals surface area contributed by atoms with Gasteiger partial charge in [-0.25, -0.2) is 4.68 Å². The van der Waals surface area contributed by atoms with Gasteiger partial charge in [0.15, 0.2) is 11.5 Å². The van der Waals surface area contributed by atoms with Crippen molar-refractivity contribution >= 4 is 17.7 Å². The van der Waals surface area contributed by atoms with Gasteiger partial charge in [-0.2, -0.15) is 0 Å². The molecule has 2 aromatic rings. The lowest BCUT2D eigenvalue weighted by atomic mass is 10.1. The number of methoxy groups -OCH3 is 3. The summed E-state index contributed by atoms with van der Waals surface area (Å²) in [5.74, 6) is 7.31. The van der Waals surface area contributed by atoms with Crippen LogP contribution < -0.4 is 25.4 Å². The third kappa shape index (κ3) is 4.22. The van der Waals surface area contributed by atoms with Gasteiger partial charge in [0.1, 0.15) is 12.1 Å². The van der Waals surface area contributed by atoms with Crippen LogP contribution in [0.1, 0.15) is 5.56 Å². The summed E-state index contributed by atoms with van der Waals surface area (Å²) in [4.78, 5) is 12.0. The lowest BCUT2D eigenvalue weighted by Gasteiger charge is -2.14. The molecule has 0 aliphatic carbocycles. The highest BCUT2D eigenvalue weighted by molar-refractivity contribution is 7.99. The lowest BCUT2D eigenvalue weighted by molar-refractivity contribution is -0.118. The minimum atomic E-state index is -0.167. The van der Waals surface area contributed by atoms with E-state index in [1.807, 2.05) is 0 Å². The number of thioether (sulfide) groups is 1. The highest BCUT2D eigenvalue weighted by atomic mass is 32.2. The summed E-state index contributed by atoms with van der Waals surface area (Å²) in [6.07, 6.45) is 1.37. The molecule has 0 aliphatic rings. The van der Waals surface area contributed by atoms with Gasteiger partial charge in [-0.3, -0.25) is 4.79 Å². The molecular formula is C14H19N5O4S. The Morgan fingerprint density at radius 3 is 2.46 bits per heavy atom. The van der Waals surface area contributed by atoms with E-state index in [0.29, 0.717) is 22.4 Å². The Labute approximate surface area is 143 Å². The number of aromatic nitrogens is 3. The Kier molecular flexibility index (Phi) is 6.13. The van der Waals surface area contributed by atoms with E-state index in [0.717, 1.165) is 5.56 Å². The molecule has 130 valence electrons. The van der Waals surface area contributed by atoms with Gasteiger partial charge in [-0.1, -0.05) is 11.8 Å². The molecule has 0 spiro atoms. The number of nitrogen functional groups attached to an aromatic ring is 1. The number of nitrogens with zero attached hydrogens (tertiary/aromatic N) is 3. The van der Waals surface area contributed by atoms with Crippen molar-refractivity contribution in [1.29, 1.82) is 0 Å². The average molecular weight is 353 g/mol. The molecule has 9 nitrogen and oxygen atoms in total. The van der Waals surface area contributed by atoms with E-state index >= 15 is 0 Å². The van der Waals surface area contributed by atoms with Gasteiger partial charge in [-0.15, -0.1) is 10.2 Å². The smallest absolute Gasteiger partial charge is 0.230 e. The molecule has 1 aromatic heterocycles. The van der Waals surface area contributed by atoms with Crippen molar-refractivity contribution in [2.24, 2.45) is 0 Å². The number of hydrogen-bond acceptors (Lipinski definition) is 8. The molecule has 0 saturated heterocycles. The number of nitrogens with one attached hydrogen (secondary N) is 1. The number of ether oxygens (including phenoxy) is 3. The first-order chi connectivity index (χ1) is 11.6. The first-order valence-electron chi connectivity index (χ1n) is 6.92. The van der Waals surface area contributed by atoms with Crippen LogP contribution in [0.3, 0.4) is 0 Å². The van der Waals surface area contributed by atoms with Crippen LogP contribution in [-0.4, -0.2) is 47.9 Å². The van der Waals surface area contributed by atoms with Crippen LogP contribution >= 0.6 is 11.8 Å². The predicted octanol–water partition coefficient (Wildman–Crippen LogP) is 0.426. The average Bonchev–Trinajstić information content (AvgIpc) is 3.02. The molecule has 0 fully saturated rings. The maximum atomic E-state index is 12.0. The van der Waals surface area contributed by atoms with Gasteiger partial charge in [0.05, 0.1) is 27.1 Å². The van der Waals surface area contributed by atoms with Gasteiger partial charge < -0.3 is 25.4 Å². The van der Waals surface area contributed by atoms with E-state index in [9.17, 15) is 4.79 Å². The fraction of sp³-hybridized carbons (Fsp3) is 0.357. The van der Waals surface area contributed by atoms with E-state index in [1.54, 1.807) is 33.5 Å². The minimum absolute atomic E-state index is 0.167. The van der Waals surface area contributed by atoms with Crippen LogP contribution in [0.4, 0.5) is 0 Å². The Morgan fingerprint density at radius 2 is 1.88 bits per heavy atom. The second-order valence-electron chi connectivity index (χ2n) is 4.61. The number of benzene rings is 1. The van der Waals surface area contributed by atoms with Crippen molar-refractivity contribution in [1.82, 2.24) is 20.2 Å². The maximum Gasteiger partial charge on any atom is 0.230 e. The number of carbonyl (C=O) groups excluding carboxylic acids is 1. The van der Waals surface area contributed by atoms with Crippen molar-refractivity contribution < 1.29 is 19.0 Å². The summed E-state index contributed by atoms with van der Waals surface area (Å²) in [5, 5.41) is 10.7. The largest absolute Gasteiger partial charge is 0.496 e. The summed E-state index contributed by atoms with van der Waals surface area (Å²) in [6.45, 7) is 0.290. The summed E-state index contributed by atoms with van der Waals surface area (Å²) in [7, 11) is 4.65. The van der Waals surface area contributed by atoms with Crippen molar-refractivity contribution in [3.63, 3.8) is 0 Å². The van der Waals surface area contributed by atoms with E-state index in [-0.39, 0.29) is 18.2 Å². The Bertz CT molecular complexity index is 706. The van der Waals surface area contributed by atoms with Crippen LogP contribution in [0.15, 0.2) is 23.6 Å². The number of carbonyl (C=O) groups is 1. The SMILES string of the molecule is COc1cc(OC)c(OC)cc1CNC(=O)CSc1nncn1N. The van der Waals surface area contributed by atoms with E-state index in [1.165, 1.54) is 22.8 Å². The third-order valence-electron chi connectivity index (χ3n) is 3.14. The summed E-state index contributed by atoms with van der Waals surface area (Å²) in [5.41, 5.74) is 0.774. The zero-order chi connectivity index (χ0) is 17.5. The minimum Gasteiger partial charge on any atom is -0.496 e. The normalized spacial score (nSPS) is 10.3. The Hall–Kier alpha value is -2.62. The van der Waals surface area contributed by atoms with Gasteiger partial charge >= 0.3 is 0 Å². The van der Waals surface area contributed by atoms with E-state index in [4.69, 9.17) is 20.1 Å². The summed E-state index contributed by atoms with van der Waals surface area (Å²) < 4.78 is 17.1. The number of amides is 1. The molecule has 2 rings (SSSR count). The molecule has 1 aromatic carbocycles. The summed E-state index contributed by atoms with van der Waals surface area (Å²) in [6, 6.07) is 3.48. The number of hydrogen-bond donors (Lipinski definition) is 2. The first kappa shape index (κ1) is 17.7. The molecule has 10 heteroatoms. The Morgan fingerprint density at radius 1 is 1.21 bits per heavy atom. The molecule has 0 bridgehead atoms. The number of nitrogens with two attached hydrogens (primary N) is 1. The van der Waals surface area contributed by atoms with Crippen molar-refractivity contribution in [2.75, 3.05) is 32.9 Å².